The zero-order chi connectivity index (χ0) is 15.5. The van der Waals surface area contributed by atoms with E-state index in [9.17, 15) is 4.79 Å². The third kappa shape index (κ3) is 3.48. The molecular formula is C14H15ClN4O2. The summed E-state index contributed by atoms with van der Waals surface area (Å²) in [4.78, 5) is 20.3. The minimum atomic E-state index is -1.22. The molecule has 21 heavy (non-hydrogen) atoms. The number of rotatable bonds is 4. The third-order valence-electron chi connectivity index (χ3n) is 2.95. The minimum absolute atomic E-state index is 0.0388. The summed E-state index contributed by atoms with van der Waals surface area (Å²) in [5.74, 6) is -0.154. The van der Waals surface area contributed by atoms with Gasteiger partial charge in [-0.15, -0.1) is 0 Å². The van der Waals surface area contributed by atoms with Gasteiger partial charge in [-0.3, -0.25) is 10.1 Å². The van der Waals surface area contributed by atoms with Gasteiger partial charge in [-0.25, -0.2) is 4.98 Å². The first-order valence-corrected chi connectivity index (χ1v) is 6.55. The molecular weight excluding hydrogens is 292 g/mol. The van der Waals surface area contributed by atoms with Crippen LogP contribution in [0.5, 0.6) is 5.88 Å². The lowest BCUT2D eigenvalue weighted by Crippen LogP contribution is -2.45. The predicted molar refractivity (Wildman–Crippen MR) is 80.2 cm³/mol. The van der Waals surface area contributed by atoms with Crippen LogP contribution in [0.3, 0.4) is 0 Å². The first kappa shape index (κ1) is 15.2. The highest BCUT2D eigenvalue weighted by Gasteiger charge is 2.31. The van der Waals surface area contributed by atoms with Crippen LogP contribution in [0, 0.1) is 0 Å². The van der Waals surface area contributed by atoms with Crippen LogP contribution in [-0.2, 0) is 10.3 Å². The first-order valence-electron chi connectivity index (χ1n) is 6.18. The number of hydrogen-bond acceptors (Lipinski definition) is 5. The third-order valence-corrected chi connectivity index (χ3v) is 3.14. The Morgan fingerprint density at radius 2 is 2.00 bits per heavy atom. The summed E-state index contributed by atoms with van der Waals surface area (Å²) in [6.07, 6.45) is 0. The smallest absolute Gasteiger partial charge is 0.251 e. The highest BCUT2D eigenvalue weighted by molar-refractivity contribution is 6.29. The Morgan fingerprint density at radius 1 is 1.33 bits per heavy atom. The second kappa shape index (κ2) is 6.07. The highest BCUT2D eigenvalue weighted by atomic mass is 35.5. The molecule has 0 aliphatic heterocycles. The Morgan fingerprint density at radius 3 is 2.62 bits per heavy atom. The van der Waals surface area contributed by atoms with Crippen molar-refractivity contribution in [3.8, 4) is 5.88 Å². The van der Waals surface area contributed by atoms with Gasteiger partial charge in [-0.1, -0.05) is 41.9 Å². The minimum Gasteiger partial charge on any atom is -0.481 e. The summed E-state index contributed by atoms with van der Waals surface area (Å²) < 4.78 is 4.97. The number of benzene rings is 1. The summed E-state index contributed by atoms with van der Waals surface area (Å²) >= 11 is 5.83. The molecule has 0 spiro atoms. The number of anilines is 1. The van der Waals surface area contributed by atoms with Gasteiger partial charge in [-0.05, 0) is 12.5 Å². The molecule has 0 saturated heterocycles. The largest absolute Gasteiger partial charge is 0.481 e. The van der Waals surface area contributed by atoms with E-state index in [1.54, 1.807) is 19.1 Å². The maximum absolute atomic E-state index is 12.3. The van der Waals surface area contributed by atoms with E-state index < -0.39 is 11.4 Å². The molecule has 1 heterocycles. The Kier molecular flexibility index (Phi) is 4.40. The van der Waals surface area contributed by atoms with Crippen molar-refractivity contribution in [3.63, 3.8) is 0 Å². The monoisotopic (exact) mass is 306 g/mol. The van der Waals surface area contributed by atoms with E-state index in [4.69, 9.17) is 22.1 Å². The molecule has 0 radical (unpaired) electrons. The van der Waals surface area contributed by atoms with Crippen LogP contribution in [0.15, 0.2) is 36.4 Å². The van der Waals surface area contributed by atoms with E-state index in [1.165, 1.54) is 13.2 Å². The Bertz CT molecular complexity index is 647. The second-order valence-electron chi connectivity index (χ2n) is 4.58. The first-order chi connectivity index (χ1) is 9.93. The summed E-state index contributed by atoms with van der Waals surface area (Å²) in [7, 11) is 1.45. The lowest BCUT2D eigenvalue weighted by molar-refractivity contribution is -0.120. The van der Waals surface area contributed by atoms with Gasteiger partial charge in [0.25, 0.3) is 5.91 Å². The molecule has 6 nitrogen and oxygen atoms in total. The van der Waals surface area contributed by atoms with Crippen LogP contribution in [0.25, 0.3) is 0 Å². The van der Waals surface area contributed by atoms with Crippen molar-refractivity contribution in [1.82, 2.24) is 9.97 Å². The summed E-state index contributed by atoms with van der Waals surface area (Å²) in [5, 5.41) is 2.71. The molecule has 2 aromatic rings. The number of carbonyl (C=O) groups is 1. The molecule has 1 amide bonds. The normalized spacial score (nSPS) is 13.3. The van der Waals surface area contributed by atoms with Crippen molar-refractivity contribution in [1.29, 1.82) is 0 Å². The van der Waals surface area contributed by atoms with Crippen molar-refractivity contribution >= 4 is 23.5 Å². The van der Waals surface area contributed by atoms with E-state index in [0.717, 1.165) is 0 Å². The van der Waals surface area contributed by atoms with Crippen LogP contribution in [0.4, 0.5) is 5.95 Å². The highest BCUT2D eigenvalue weighted by Crippen LogP contribution is 2.21. The van der Waals surface area contributed by atoms with Crippen LogP contribution < -0.4 is 15.8 Å². The van der Waals surface area contributed by atoms with Crippen molar-refractivity contribution < 1.29 is 9.53 Å². The Hall–Kier alpha value is -2.18. The van der Waals surface area contributed by atoms with Crippen LogP contribution in [-0.4, -0.2) is 23.0 Å². The SMILES string of the molecule is COc1cc(Cl)nc(NC(=O)C(C)(N)c2ccccc2)n1. The molecule has 1 aromatic heterocycles. The molecule has 0 fully saturated rings. The van der Waals surface area contributed by atoms with Crippen LogP contribution in [0.2, 0.25) is 5.15 Å². The number of halogens is 1. The van der Waals surface area contributed by atoms with Gasteiger partial charge in [0, 0.05) is 6.07 Å². The zero-order valence-corrected chi connectivity index (χ0v) is 12.4. The molecule has 7 heteroatoms. The van der Waals surface area contributed by atoms with E-state index in [-0.39, 0.29) is 17.0 Å². The van der Waals surface area contributed by atoms with Gasteiger partial charge in [0.2, 0.25) is 11.8 Å². The maximum atomic E-state index is 12.3. The van der Waals surface area contributed by atoms with E-state index in [2.05, 4.69) is 15.3 Å². The van der Waals surface area contributed by atoms with E-state index >= 15 is 0 Å². The van der Waals surface area contributed by atoms with Gasteiger partial charge in [0.15, 0.2) is 0 Å². The molecule has 0 bridgehead atoms. The van der Waals surface area contributed by atoms with Gasteiger partial charge < -0.3 is 10.5 Å². The number of hydrogen-bond donors (Lipinski definition) is 2. The molecule has 0 aliphatic rings. The number of amides is 1. The van der Waals surface area contributed by atoms with Crippen LogP contribution in [0.1, 0.15) is 12.5 Å². The Balaban J connectivity index is 2.23. The molecule has 1 aromatic carbocycles. The second-order valence-corrected chi connectivity index (χ2v) is 4.97. The maximum Gasteiger partial charge on any atom is 0.251 e. The molecule has 0 saturated carbocycles. The average Bonchev–Trinajstić information content (AvgIpc) is 2.47. The van der Waals surface area contributed by atoms with E-state index in [0.29, 0.717) is 5.56 Å². The van der Waals surface area contributed by atoms with Crippen LogP contribution >= 0.6 is 11.6 Å². The number of nitrogens with one attached hydrogen (secondary N) is 1. The van der Waals surface area contributed by atoms with Crippen molar-refractivity contribution in [2.75, 3.05) is 12.4 Å². The fraction of sp³-hybridized carbons (Fsp3) is 0.214. The van der Waals surface area contributed by atoms with E-state index in [1.807, 2.05) is 18.2 Å². The standard InChI is InChI=1S/C14H15ClN4O2/c1-14(16,9-6-4-3-5-7-9)12(20)19-13-17-10(15)8-11(18-13)21-2/h3-8H,16H2,1-2H3,(H,17,18,19,20). The molecule has 0 aliphatic carbocycles. The Labute approximate surface area is 127 Å². The van der Waals surface area contributed by atoms with Gasteiger partial charge >= 0.3 is 0 Å². The molecule has 3 N–H and O–H groups in total. The quantitative estimate of drug-likeness (QED) is 0.843. The predicted octanol–water partition coefficient (Wildman–Crippen LogP) is 1.95. The number of carbonyl (C=O) groups excluding carboxylic acids is 1. The summed E-state index contributed by atoms with van der Waals surface area (Å²) in [6, 6.07) is 10.5. The molecule has 110 valence electrons. The van der Waals surface area contributed by atoms with Gasteiger partial charge in [0.1, 0.15) is 10.7 Å². The lowest BCUT2D eigenvalue weighted by Gasteiger charge is -2.23. The fourth-order valence-electron chi connectivity index (χ4n) is 1.70. The number of nitrogens with two attached hydrogens (primary N) is 1. The summed E-state index contributed by atoms with van der Waals surface area (Å²) in [5.41, 5.74) is 5.56. The lowest BCUT2D eigenvalue weighted by atomic mass is 9.92. The fourth-order valence-corrected chi connectivity index (χ4v) is 1.88. The van der Waals surface area contributed by atoms with Gasteiger partial charge in [-0.2, -0.15) is 4.98 Å². The number of methoxy groups -OCH3 is 1. The van der Waals surface area contributed by atoms with Crippen molar-refractivity contribution in [2.24, 2.45) is 5.73 Å². The van der Waals surface area contributed by atoms with Gasteiger partial charge in [0.05, 0.1) is 7.11 Å². The number of aromatic nitrogens is 2. The summed E-state index contributed by atoms with van der Waals surface area (Å²) in [6.45, 7) is 1.61. The zero-order valence-electron chi connectivity index (χ0n) is 11.6. The number of ether oxygens (including phenoxy) is 1. The number of nitrogens with zero attached hydrogens (tertiary/aromatic N) is 2. The topological polar surface area (TPSA) is 90.1 Å². The van der Waals surface area contributed by atoms with Crippen molar-refractivity contribution in [2.45, 2.75) is 12.5 Å². The molecule has 2 rings (SSSR count). The van der Waals surface area contributed by atoms with Crippen molar-refractivity contribution in [3.05, 3.63) is 47.1 Å². The average molecular weight is 307 g/mol. The molecule has 1 atom stereocenters. The molecule has 1 unspecified atom stereocenters.